The quantitative estimate of drug-likeness (QED) is 0.646. The zero-order valence-corrected chi connectivity index (χ0v) is 9.12. The Morgan fingerprint density at radius 2 is 2.07 bits per heavy atom. The van der Waals surface area contributed by atoms with Gasteiger partial charge in [-0.05, 0) is 25.3 Å². The maximum absolute atomic E-state index is 11.3. The number of hydrogen-bond acceptors (Lipinski definition) is 2. The van der Waals surface area contributed by atoms with E-state index in [-0.39, 0.29) is 18.0 Å². The molecule has 0 unspecified atom stereocenters. The third-order valence-corrected chi connectivity index (χ3v) is 2.26. The highest BCUT2D eigenvalue weighted by atomic mass is 16.5. The molecule has 0 bridgehead atoms. The summed E-state index contributed by atoms with van der Waals surface area (Å²) >= 11 is 0. The third kappa shape index (κ3) is 3.02. The number of ether oxygens (including phenoxy) is 1. The van der Waals surface area contributed by atoms with Crippen molar-refractivity contribution < 1.29 is 9.53 Å². The molecule has 0 saturated carbocycles. The molecular weight excluding hydrogens is 176 g/mol. The molecule has 2 nitrogen and oxygen atoms in total. The van der Waals surface area contributed by atoms with Gasteiger partial charge in [0.25, 0.3) is 0 Å². The van der Waals surface area contributed by atoms with E-state index in [0.717, 1.165) is 18.4 Å². The van der Waals surface area contributed by atoms with Crippen molar-refractivity contribution in [2.24, 2.45) is 5.92 Å². The molecule has 1 aliphatic carbocycles. The highest BCUT2D eigenvalue weighted by molar-refractivity contribution is 5.72. The molecule has 1 atom stereocenters. The van der Waals surface area contributed by atoms with Crippen LogP contribution in [0.1, 0.15) is 33.6 Å². The minimum atomic E-state index is -0.127. The summed E-state index contributed by atoms with van der Waals surface area (Å²) in [5.74, 6) is -0.178. The Kier molecular flexibility index (Phi) is 3.93. The van der Waals surface area contributed by atoms with Gasteiger partial charge in [-0.3, -0.25) is 4.79 Å². The van der Waals surface area contributed by atoms with Gasteiger partial charge in [0.1, 0.15) is 6.10 Å². The first-order valence-corrected chi connectivity index (χ1v) is 5.18. The molecular formula is C12H18O2. The van der Waals surface area contributed by atoms with Gasteiger partial charge in [-0.25, -0.2) is 0 Å². The van der Waals surface area contributed by atoms with Gasteiger partial charge in [0.05, 0.1) is 5.92 Å². The summed E-state index contributed by atoms with van der Waals surface area (Å²) in [6, 6.07) is 0. The lowest BCUT2D eigenvalue weighted by atomic mass is 10.0. The van der Waals surface area contributed by atoms with Gasteiger partial charge in [-0.15, -0.1) is 0 Å². The zero-order chi connectivity index (χ0) is 10.6. The molecule has 0 aromatic carbocycles. The fourth-order valence-electron chi connectivity index (χ4n) is 1.31. The predicted octanol–water partition coefficient (Wildman–Crippen LogP) is 2.85. The van der Waals surface area contributed by atoms with E-state index in [9.17, 15) is 4.79 Å². The highest BCUT2D eigenvalue weighted by Gasteiger charge is 2.15. The van der Waals surface area contributed by atoms with Gasteiger partial charge < -0.3 is 4.74 Å². The van der Waals surface area contributed by atoms with Gasteiger partial charge in [0.2, 0.25) is 0 Å². The second-order valence-electron chi connectivity index (χ2n) is 3.92. The molecule has 0 heterocycles. The van der Waals surface area contributed by atoms with E-state index in [2.05, 4.69) is 12.2 Å². The first-order chi connectivity index (χ1) is 6.61. The van der Waals surface area contributed by atoms with Gasteiger partial charge in [-0.2, -0.15) is 0 Å². The molecule has 2 heteroatoms. The Hall–Kier alpha value is -1.05. The van der Waals surface area contributed by atoms with E-state index in [1.807, 2.05) is 26.8 Å². The summed E-state index contributed by atoms with van der Waals surface area (Å²) in [7, 11) is 0. The lowest BCUT2D eigenvalue weighted by molar-refractivity contribution is -0.150. The van der Waals surface area contributed by atoms with Crippen molar-refractivity contribution in [1.82, 2.24) is 0 Å². The summed E-state index contributed by atoms with van der Waals surface area (Å²) in [6.45, 7) is 5.61. The van der Waals surface area contributed by atoms with Crippen LogP contribution in [-0.4, -0.2) is 12.1 Å². The Labute approximate surface area is 85.6 Å². The number of allylic oxidation sites excluding steroid dienone is 2. The van der Waals surface area contributed by atoms with Crippen LogP contribution in [0.15, 0.2) is 23.8 Å². The molecule has 0 fully saturated rings. The van der Waals surface area contributed by atoms with Crippen LogP contribution in [0.3, 0.4) is 0 Å². The van der Waals surface area contributed by atoms with E-state index in [1.54, 1.807) is 0 Å². The number of carbonyl (C=O) groups is 1. The van der Waals surface area contributed by atoms with Crippen molar-refractivity contribution in [1.29, 1.82) is 0 Å². The first-order valence-electron chi connectivity index (χ1n) is 5.18. The number of carbonyl (C=O) groups excluding carboxylic acids is 1. The Balaban J connectivity index is 2.49. The zero-order valence-electron chi connectivity index (χ0n) is 9.12. The lowest BCUT2D eigenvalue weighted by Crippen LogP contribution is -2.20. The summed E-state index contributed by atoms with van der Waals surface area (Å²) in [5, 5.41) is 0. The monoisotopic (exact) mass is 194 g/mol. The Morgan fingerprint density at radius 1 is 1.36 bits per heavy atom. The molecule has 0 spiro atoms. The SMILES string of the molecule is CC(C)C(=O)O[C@H](C)C1=CCCC=C1. The molecule has 78 valence electrons. The van der Waals surface area contributed by atoms with Crippen LogP contribution < -0.4 is 0 Å². The summed E-state index contributed by atoms with van der Waals surface area (Å²) in [5.41, 5.74) is 1.12. The smallest absolute Gasteiger partial charge is 0.308 e. The first kappa shape index (κ1) is 11.0. The second kappa shape index (κ2) is 4.99. The molecule has 0 aliphatic heterocycles. The Morgan fingerprint density at radius 3 is 2.57 bits per heavy atom. The summed E-state index contributed by atoms with van der Waals surface area (Å²) < 4.78 is 5.29. The van der Waals surface area contributed by atoms with E-state index < -0.39 is 0 Å². The van der Waals surface area contributed by atoms with Crippen LogP contribution in [0.4, 0.5) is 0 Å². The summed E-state index contributed by atoms with van der Waals surface area (Å²) in [4.78, 5) is 11.3. The van der Waals surface area contributed by atoms with Crippen molar-refractivity contribution in [2.75, 3.05) is 0 Å². The maximum Gasteiger partial charge on any atom is 0.308 e. The van der Waals surface area contributed by atoms with Crippen LogP contribution in [0.2, 0.25) is 0 Å². The lowest BCUT2D eigenvalue weighted by Gasteiger charge is -2.17. The largest absolute Gasteiger partial charge is 0.458 e. The second-order valence-corrected chi connectivity index (χ2v) is 3.92. The normalized spacial score (nSPS) is 17.9. The van der Waals surface area contributed by atoms with Crippen LogP contribution in [0.25, 0.3) is 0 Å². The topological polar surface area (TPSA) is 26.3 Å². The van der Waals surface area contributed by atoms with E-state index in [4.69, 9.17) is 4.74 Å². The van der Waals surface area contributed by atoms with Crippen LogP contribution in [0.5, 0.6) is 0 Å². The number of esters is 1. The van der Waals surface area contributed by atoms with Gasteiger partial charge in [-0.1, -0.05) is 32.1 Å². The van der Waals surface area contributed by atoms with Crippen LogP contribution in [0, 0.1) is 5.92 Å². The van der Waals surface area contributed by atoms with Crippen molar-refractivity contribution in [3.63, 3.8) is 0 Å². The van der Waals surface area contributed by atoms with Gasteiger partial charge >= 0.3 is 5.97 Å². The third-order valence-electron chi connectivity index (χ3n) is 2.26. The van der Waals surface area contributed by atoms with E-state index in [1.165, 1.54) is 0 Å². The molecule has 0 radical (unpaired) electrons. The Bertz CT molecular complexity index is 261. The maximum atomic E-state index is 11.3. The average Bonchev–Trinajstić information content (AvgIpc) is 2.19. The molecule has 0 amide bonds. The van der Waals surface area contributed by atoms with Crippen molar-refractivity contribution >= 4 is 5.97 Å². The fraction of sp³-hybridized carbons (Fsp3) is 0.583. The van der Waals surface area contributed by atoms with E-state index in [0.29, 0.717) is 0 Å². The highest BCUT2D eigenvalue weighted by Crippen LogP contribution is 2.16. The molecule has 1 rings (SSSR count). The molecule has 0 N–H and O–H groups in total. The van der Waals surface area contributed by atoms with Crippen molar-refractivity contribution in [3.8, 4) is 0 Å². The number of rotatable bonds is 3. The van der Waals surface area contributed by atoms with Gasteiger partial charge in [0.15, 0.2) is 0 Å². The van der Waals surface area contributed by atoms with E-state index >= 15 is 0 Å². The molecule has 0 aromatic heterocycles. The molecule has 14 heavy (non-hydrogen) atoms. The van der Waals surface area contributed by atoms with Gasteiger partial charge in [0, 0.05) is 0 Å². The van der Waals surface area contributed by atoms with Crippen LogP contribution in [-0.2, 0) is 9.53 Å². The minimum Gasteiger partial charge on any atom is -0.458 e. The minimum absolute atomic E-state index is 0.0504. The van der Waals surface area contributed by atoms with Crippen LogP contribution >= 0.6 is 0 Å². The molecule has 0 saturated heterocycles. The number of hydrogen-bond donors (Lipinski definition) is 0. The predicted molar refractivity (Wildman–Crippen MR) is 56.8 cm³/mol. The standard InChI is InChI=1S/C12H18O2/c1-9(2)12(13)14-10(3)11-7-5-4-6-8-11/h5,7-10H,4,6H2,1-3H3/t10-/m1/s1. The van der Waals surface area contributed by atoms with Crippen molar-refractivity contribution in [2.45, 2.75) is 39.7 Å². The van der Waals surface area contributed by atoms with Crippen molar-refractivity contribution in [3.05, 3.63) is 23.8 Å². The summed E-state index contributed by atoms with van der Waals surface area (Å²) in [6.07, 6.45) is 8.33. The average molecular weight is 194 g/mol. The fourth-order valence-corrected chi connectivity index (χ4v) is 1.31. The molecule has 0 aromatic rings. The molecule has 1 aliphatic rings.